The van der Waals surface area contributed by atoms with Gasteiger partial charge in [0.15, 0.2) is 12.1 Å². The van der Waals surface area contributed by atoms with Gasteiger partial charge in [0.1, 0.15) is 17.0 Å². The number of likely N-dealkylation sites (tertiary alicyclic amines) is 1. The molecule has 5 rings (SSSR count). The molecule has 0 unspecified atom stereocenters. The molecule has 3 heterocycles. The van der Waals surface area contributed by atoms with Crippen LogP contribution in [0.25, 0.3) is 0 Å². The van der Waals surface area contributed by atoms with Crippen LogP contribution in [0, 0.1) is 0 Å². The van der Waals surface area contributed by atoms with Gasteiger partial charge in [-0.3, -0.25) is 9.59 Å². The molecular formula is C33H35N3O6S. The van der Waals surface area contributed by atoms with Crippen molar-refractivity contribution in [3.05, 3.63) is 107 Å². The lowest BCUT2D eigenvalue weighted by atomic mass is 9.95. The summed E-state index contributed by atoms with van der Waals surface area (Å²) in [5.74, 6) is -1.20. The van der Waals surface area contributed by atoms with Crippen LogP contribution in [-0.2, 0) is 23.9 Å². The third kappa shape index (κ3) is 6.54. The summed E-state index contributed by atoms with van der Waals surface area (Å²) >= 11 is 1.30. The van der Waals surface area contributed by atoms with Crippen LogP contribution in [0.4, 0.5) is 4.79 Å². The largest absolute Gasteiger partial charge is 0.451 e. The maximum absolute atomic E-state index is 14.1. The second-order valence-electron chi connectivity index (χ2n) is 11.5. The summed E-state index contributed by atoms with van der Waals surface area (Å²) < 4.78 is 11.5. The van der Waals surface area contributed by atoms with Gasteiger partial charge >= 0.3 is 12.1 Å². The van der Waals surface area contributed by atoms with Gasteiger partial charge in [-0.2, -0.15) is 0 Å². The molecular weight excluding hydrogens is 566 g/mol. The zero-order valence-corrected chi connectivity index (χ0v) is 25.2. The van der Waals surface area contributed by atoms with Crippen molar-refractivity contribution >= 4 is 35.6 Å². The van der Waals surface area contributed by atoms with Crippen LogP contribution in [0.3, 0.4) is 0 Å². The van der Waals surface area contributed by atoms with E-state index in [1.165, 1.54) is 16.7 Å². The highest BCUT2D eigenvalue weighted by Crippen LogP contribution is 2.42. The number of fused-ring (bicyclic) bond motifs is 1. The zero-order valence-electron chi connectivity index (χ0n) is 24.4. The molecule has 0 spiro atoms. The summed E-state index contributed by atoms with van der Waals surface area (Å²) in [4.78, 5) is 56.3. The fourth-order valence-electron chi connectivity index (χ4n) is 5.31. The Morgan fingerprint density at radius 3 is 2.28 bits per heavy atom. The summed E-state index contributed by atoms with van der Waals surface area (Å²) in [6.07, 6.45) is 2.44. The molecule has 224 valence electrons. The lowest BCUT2D eigenvalue weighted by molar-refractivity contribution is -0.164. The van der Waals surface area contributed by atoms with Gasteiger partial charge in [0, 0.05) is 18.7 Å². The van der Waals surface area contributed by atoms with Crippen molar-refractivity contribution in [1.82, 2.24) is 15.1 Å². The zero-order chi connectivity index (χ0) is 30.7. The molecule has 43 heavy (non-hydrogen) atoms. The molecule has 3 aliphatic heterocycles. The van der Waals surface area contributed by atoms with E-state index in [0.29, 0.717) is 30.7 Å². The lowest BCUT2D eigenvalue weighted by Crippen LogP contribution is -2.74. The number of alkyl carbamates (subject to hydrolysis) is 1. The topological polar surface area (TPSA) is 105 Å². The normalized spacial score (nSPS) is 22.6. The average molecular weight is 602 g/mol. The Balaban J connectivity index is 1.46. The Morgan fingerprint density at radius 2 is 1.70 bits per heavy atom. The first kappa shape index (κ1) is 30.2. The first-order chi connectivity index (χ1) is 20.6. The maximum Gasteiger partial charge on any atom is 0.408 e. The molecule has 1 N–H and O–H groups in total. The highest BCUT2D eigenvalue weighted by atomic mass is 32.2. The van der Waals surface area contributed by atoms with E-state index < -0.39 is 47.1 Å². The van der Waals surface area contributed by atoms with Gasteiger partial charge in [0.2, 0.25) is 11.8 Å². The Labute approximate surface area is 255 Å². The minimum absolute atomic E-state index is 0.133. The highest BCUT2D eigenvalue weighted by molar-refractivity contribution is 8.03. The molecule has 3 atom stereocenters. The first-order valence-corrected chi connectivity index (χ1v) is 15.1. The number of hydrogen-bond donors (Lipinski definition) is 1. The Bertz CT molecular complexity index is 1430. The van der Waals surface area contributed by atoms with E-state index in [1.807, 2.05) is 60.7 Å². The molecule has 2 fully saturated rings. The van der Waals surface area contributed by atoms with Gasteiger partial charge in [0.05, 0.1) is 0 Å². The number of thioether (sulfide) groups is 1. The van der Waals surface area contributed by atoms with E-state index >= 15 is 0 Å². The molecule has 3 aliphatic rings. The van der Waals surface area contributed by atoms with Gasteiger partial charge < -0.3 is 24.6 Å². The number of β-lactam (4-membered cyclic amide) rings is 1. The standard InChI is InChI=1S/C33H35N3O6S/c1-5-17-35-18-16-23(28(35)37)19-24-20-43-30-25(34-32(40)42-33(2,3)4)29(38)36(30)26(24)31(39)41-27(21-12-8-6-9-13-21)22-14-10-7-11-15-22/h5-15,19-20,25-27,30H,1,16-18H2,2-4H3,(H,34,40)/b23-19+/t25-,26+,30-/m1/s1. The molecule has 2 aromatic carbocycles. The number of amides is 3. The van der Waals surface area contributed by atoms with Crippen molar-refractivity contribution in [3.63, 3.8) is 0 Å². The monoisotopic (exact) mass is 601 g/mol. The van der Waals surface area contributed by atoms with Crippen molar-refractivity contribution in [2.75, 3.05) is 13.1 Å². The van der Waals surface area contributed by atoms with Crippen LogP contribution < -0.4 is 5.32 Å². The van der Waals surface area contributed by atoms with E-state index in [9.17, 15) is 19.2 Å². The second-order valence-corrected chi connectivity index (χ2v) is 12.5. The van der Waals surface area contributed by atoms with Crippen LogP contribution in [0.2, 0.25) is 0 Å². The number of hydrogen-bond acceptors (Lipinski definition) is 7. The maximum atomic E-state index is 14.1. The van der Waals surface area contributed by atoms with Crippen LogP contribution in [-0.4, -0.2) is 69.8 Å². The van der Waals surface area contributed by atoms with Gasteiger partial charge in [-0.25, -0.2) is 9.59 Å². The van der Waals surface area contributed by atoms with E-state index in [0.717, 1.165) is 11.1 Å². The SMILES string of the molecule is C=CCN1CC/C(=C\C2=CS[C@@H]3[C@H](NC(=O)OC(C)(C)C)C(=O)N3[C@@H]2C(=O)OC(c2ccccc2)c2ccccc2)C1=O. The van der Waals surface area contributed by atoms with Crippen molar-refractivity contribution < 1.29 is 28.7 Å². The number of ether oxygens (including phenoxy) is 2. The number of rotatable bonds is 8. The molecule has 0 aliphatic carbocycles. The van der Waals surface area contributed by atoms with E-state index in [1.54, 1.807) is 43.2 Å². The van der Waals surface area contributed by atoms with Crippen molar-refractivity contribution in [2.45, 2.75) is 56.4 Å². The van der Waals surface area contributed by atoms with E-state index in [2.05, 4.69) is 11.9 Å². The van der Waals surface area contributed by atoms with Gasteiger partial charge in [0.25, 0.3) is 0 Å². The van der Waals surface area contributed by atoms with Crippen molar-refractivity contribution in [1.29, 1.82) is 0 Å². The fraction of sp³-hybridized carbons (Fsp3) is 0.333. The number of benzene rings is 2. The van der Waals surface area contributed by atoms with Crippen LogP contribution in [0.1, 0.15) is 44.4 Å². The predicted octanol–water partition coefficient (Wildman–Crippen LogP) is 4.72. The van der Waals surface area contributed by atoms with E-state index in [4.69, 9.17) is 9.47 Å². The average Bonchev–Trinajstić information content (AvgIpc) is 3.32. The molecule has 2 saturated heterocycles. The molecule has 3 amide bonds. The number of carbonyl (C=O) groups is 4. The summed E-state index contributed by atoms with van der Waals surface area (Å²) in [5.41, 5.74) is 1.85. The Hall–Kier alpha value is -4.31. The summed E-state index contributed by atoms with van der Waals surface area (Å²) in [6, 6.07) is 16.8. The summed E-state index contributed by atoms with van der Waals surface area (Å²) in [7, 11) is 0. The third-order valence-corrected chi connectivity index (χ3v) is 8.44. The first-order valence-electron chi connectivity index (χ1n) is 14.2. The summed E-state index contributed by atoms with van der Waals surface area (Å²) in [6.45, 7) is 9.91. The van der Waals surface area contributed by atoms with Gasteiger partial charge in [-0.1, -0.05) is 66.7 Å². The number of esters is 1. The molecule has 10 heteroatoms. The Morgan fingerprint density at radius 1 is 1.07 bits per heavy atom. The van der Waals surface area contributed by atoms with Crippen LogP contribution >= 0.6 is 11.8 Å². The second kappa shape index (κ2) is 12.5. The number of carbonyl (C=O) groups excluding carboxylic acids is 4. The lowest BCUT2D eigenvalue weighted by Gasteiger charge is -2.51. The minimum Gasteiger partial charge on any atom is -0.451 e. The molecule has 0 bridgehead atoms. The fourth-order valence-corrected chi connectivity index (χ4v) is 6.50. The molecule has 0 radical (unpaired) electrons. The van der Waals surface area contributed by atoms with Gasteiger partial charge in [-0.05, 0) is 55.4 Å². The predicted molar refractivity (Wildman–Crippen MR) is 164 cm³/mol. The van der Waals surface area contributed by atoms with E-state index in [-0.39, 0.29) is 5.91 Å². The number of nitrogens with one attached hydrogen (secondary N) is 1. The summed E-state index contributed by atoms with van der Waals surface area (Å²) in [5, 5.41) is 3.87. The Kier molecular flexibility index (Phi) is 8.77. The molecule has 9 nitrogen and oxygen atoms in total. The smallest absolute Gasteiger partial charge is 0.408 e. The minimum atomic E-state index is -1.11. The van der Waals surface area contributed by atoms with Crippen LogP contribution in [0.15, 0.2) is 95.9 Å². The highest BCUT2D eigenvalue weighted by Gasteiger charge is 2.56. The quantitative estimate of drug-likeness (QED) is 0.202. The van der Waals surface area contributed by atoms with Gasteiger partial charge in [-0.15, -0.1) is 18.3 Å². The van der Waals surface area contributed by atoms with Crippen molar-refractivity contribution in [2.24, 2.45) is 0 Å². The number of nitrogens with zero attached hydrogens (tertiary/aromatic N) is 2. The third-order valence-electron chi connectivity index (χ3n) is 7.25. The van der Waals surface area contributed by atoms with Crippen molar-refractivity contribution in [3.8, 4) is 0 Å². The molecule has 0 aromatic heterocycles. The van der Waals surface area contributed by atoms with Crippen LogP contribution in [0.5, 0.6) is 0 Å². The molecule has 0 saturated carbocycles. The molecule has 2 aromatic rings.